The Kier molecular flexibility index (Phi) is 3.01. The maximum atomic E-state index is 12.6. The third-order valence-corrected chi connectivity index (χ3v) is 3.17. The lowest BCUT2D eigenvalue weighted by Crippen LogP contribution is -2.04. The van der Waals surface area contributed by atoms with Crippen LogP contribution in [0.3, 0.4) is 0 Å². The summed E-state index contributed by atoms with van der Waals surface area (Å²) in [6.07, 6.45) is -2.12. The summed E-state index contributed by atoms with van der Waals surface area (Å²) in [7, 11) is 0. The molecule has 0 radical (unpaired) electrons. The van der Waals surface area contributed by atoms with Crippen LogP contribution in [0.4, 0.5) is 13.2 Å². The van der Waals surface area contributed by atoms with Gasteiger partial charge in [-0.05, 0) is 24.3 Å². The van der Waals surface area contributed by atoms with Crippen LogP contribution in [0.2, 0.25) is 0 Å². The molecule has 0 saturated heterocycles. The zero-order valence-corrected chi connectivity index (χ0v) is 10.6. The number of fused-ring (bicyclic) bond motifs is 1. The molecule has 3 aromatic rings. The van der Waals surface area contributed by atoms with Crippen LogP contribution in [0.1, 0.15) is 16.1 Å². The predicted molar refractivity (Wildman–Crippen MR) is 71.0 cm³/mol. The molecule has 0 bridgehead atoms. The molecule has 0 aliphatic rings. The van der Waals surface area contributed by atoms with Crippen molar-refractivity contribution in [3.63, 3.8) is 0 Å². The van der Waals surface area contributed by atoms with E-state index in [9.17, 15) is 18.0 Å². The molecule has 3 rings (SSSR count). The topological polar surface area (TPSA) is 34.4 Å². The number of benzene rings is 1. The van der Waals surface area contributed by atoms with Gasteiger partial charge in [-0.3, -0.25) is 9.20 Å². The van der Waals surface area contributed by atoms with Gasteiger partial charge in [0.25, 0.3) is 0 Å². The Morgan fingerprint density at radius 3 is 2.38 bits per heavy atom. The number of alkyl halides is 3. The maximum absolute atomic E-state index is 12.6. The van der Waals surface area contributed by atoms with Gasteiger partial charge in [0.2, 0.25) is 0 Å². The van der Waals surface area contributed by atoms with E-state index in [4.69, 9.17) is 0 Å². The number of rotatable bonds is 2. The lowest BCUT2D eigenvalue weighted by molar-refractivity contribution is -0.137. The number of nitrogens with zero attached hydrogens (tertiary/aromatic N) is 2. The highest BCUT2D eigenvalue weighted by atomic mass is 19.4. The molecular formula is C15H9F3N2O. The summed E-state index contributed by atoms with van der Waals surface area (Å²) in [4.78, 5) is 15.3. The van der Waals surface area contributed by atoms with Crippen LogP contribution in [-0.2, 0) is 6.18 Å². The summed E-state index contributed by atoms with van der Waals surface area (Å²) in [5, 5.41) is 0. The molecule has 0 unspecified atom stereocenters. The first kappa shape index (κ1) is 13.4. The molecule has 0 aliphatic heterocycles. The molecule has 3 nitrogen and oxygen atoms in total. The minimum atomic E-state index is -4.37. The van der Waals surface area contributed by atoms with E-state index in [0.717, 1.165) is 12.1 Å². The number of imidazole rings is 1. The third-order valence-electron chi connectivity index (χ3n) is 3.17. The van der Waals surface area contributed by atoms with Gasteiger partial charge in [0, 0.05) is 5.56 Å². The van der Waals surface area contributed by atoms with Crippen LogP contribution < -0.4 is 0 Å². The average Bonchev–Trinajstić information content (AvgIpc) is 2.90. The molecule has 21 heavy (non-hydrogen) atoms. The molecule has 0 atom stereocenters. The van der Waals surface area contributed by atoms with Crippen molar-refractivity contribution in [2.45, 2.75) is 6.18 Å². The molecule has 6 heteroatoms. The van der Waals surface area contributed by atoms with Crippen LogP contribution in [0.15, 0.2) is 48.7 Å². The number of hydrogen-bond donors (Lipinski definition) is 0. The lowest BCUT2D eigenvalue weighted by Gasteiger charge is -2.08. The quantitative estimate of drug-likeness (QED) is 0.672. The van der Waals surface area contributed by atoms with Gasteiger partial charge in [0.15, 0.2) is 6.29 Å². The molecule has 0 amide bonds. The number of aromatic nitrogens is 2. The average molecular weight is 290 g/mol. The fourth-order valence-corrected chi connectivity index (χ4v) is 2.18. The molecule has 0 N–H and O–H groups in total. The maximum Gasteiger partial charge on any atom is 0.416 e. The number of carbonyl (C=O) groups is 1. The van der Waals surface area contributed by atoms with Gasteiger partial charge < -0.3 is 0 Å². The summed E-state index contributed by atoms with van der Waals surface area (Å²) in [5.74, 6) is 0.432. The van der Waals surface area contributed by atoms with E-state index in [1.54, 1.807) is 28.8 Å². The van der Waals surface area contributed by atoms with Gasteiger partial charge in [-0.25, -0.2) is 4.98 Å². The summed E-state index contributed by atoms with van der Waals surface area (Å²) in [5.41, 5.74) is 0.884. The minimum absolute atomic E-state index is 0.389. The van der Waals surface area contributed by atoms with Crippen molar-refractivity contribution in [2.24, 2.45) is 0 Å². The van der Waals surface area contributed by atoms with Gasteiger partial charge in [0.05, 0.1) is 23.0 Å². The largest absolute Gasteiger partial charge is 0.416 e. The van der Waals surface area contributed by atoms with E-state index in [-0.39, 0.29) is 0 Å². The molecular weight excluding hydrogens is 281 g/mol. The first-order valence-corrected chi connectivity index (χ1v) is 6.10. The second-order valence-electron chi connectivity index (χ2n) is 4.49. The van der Waals surface area contributed by atoms with E-state index in [1.165, 1.54) is 12.1 Å². The van der Waals surface area contributed by atoms with Gasteiger partial charge in [-0.15, -0.1) is 0 Å². The minimum Gasteiger partial charge on any atom is -0.296 e. The monoisotopic (exact) mass is 290 g/mol. The Balaban J connectivity index is 2.15. The molecule has 0 fully saturated rings. The second-order valence-corrected chi connectivity index (χ2v) is 4.49. The summed E-state index contributed by atoms with van der Waals surface area (Å²) >= 11 is 0. The summed E-state index contributed by atoms with van der Waals surface area (Å²) in [6.45, 7) is 0. The number of hydrogen-bond acceptors (Lipinski definition) is 2. The van der Waals surface area contributed by atoms with Gasteiger partial charge >= 0.3 is 6.18 Å². The highest BCUT2D eigenvalue weighted by Crippen LogP contribution is 2.31. The fraction of sp³-hybridized carbons (Fsp3) is 0.0667. The molecule has 1 aromatic carbocycles. The van der Waals surface area contributed by atoms with E-state index in [1.807, 2.05) is 0 Å². The van der Waals surface area contributed by atoms with E-state index < -0.39 is 11.7 Å². The van der Waals surface area contributed by atoms with E-state index >= 15 is 0 Å². The predicted octanol–water partition coefficient (Wildman–Crippen LogP) is 3.83. The summed E-state index contributed by atoms with van der Waals surface area (Å²) in [6, 6.07) is 9.80. The highest BCUT2D eigenvalue weighted by molar-refractivity contribution is 5.77. The zero-order chi connectivity index (χ0) is 15.0. The molecule has 0 aliphatic carbocycles. The van der Waals surface area contributed by atoms with Crippen molar-refractivity contribution in [3.05, 3.63) is 59.9 Å². The Morgan fingerprint density at radius 2 is 1.76 bits per heavy atom. The van der Waals surface area contributed by atoms with E-state index in [0.29, 0.717) is 28.9 Å². The van der Waals surface area contributed by atoms with Crippen LogP contribution in [0, 0.1) is 0 Å². The van der Waals surface area contributed by atoms with Gasteiger partial charge in [-0.2, -0.15) is 13.2 Å². The van der Waals surface area contributed by atoms with Crippen LogP contribution in [0.25, 0.3) is 16.9 Å². The first-order valence-electron chi connectivity index (χ1n) is 6.10. The standard InChI is InChI=1S/C15H9F3N2O/c16-15(17,18)11-6-4-10(5-7-11)14-19-8-12-2-1-3-13(9-21)20(12)14/h1-9H. The van der Waals surface area contributed by atoms with Crippen molar-refractivity contribution in [1.82, 2.24) is 9.38 Å². The van der Waals surface area contributed by atoms with Gasteiger partial charge in [-0.1, -0.05) is 18.2 Å². The smallest absolute Gasteiger partial charge is 0.296 e. The van der Waals surface area contributed by atoms with Crippen molar-refractivity contribution < 1.29 is 18.0 Å². The Bertz CT molecular complexity index is 804. The number of aldehydes is 1. The molecule has 2 heterocycles. The van der Waals surface area contributed by atoms with Crippen LogP contribution in [0.5, 0.6) is 0 Å². The Hall–Kier alpha value is -2.63. The molecule has 106 valence electrons. The van der Waals surface area contributed by atoms with Crippen molar-refractivity contribution >= 4 is 11.8 Å². The van der Waals surface area contributed by atoms with Gasteiger partial charge in [0.1, 0.15) is 5.82 Å². The van der Waals surface area contributed by atoms with E-state index in [2.05, 4.69) is 4.98 Å². The number of halogens is 3. The highest BCUT2D eigenvalue weighted by Gasteiger charge is 2.30. The number of carbonyl (C=O) groups excluding carboxylic acids is 1. The fourth-order valence-electron chi connectivity index (χ4n) is 2.18. The first-order chi connectivity index (χ1) is 10.0. The van der Waals surface area contributed by atoms with Crippen molar-refractivity contribution in [1.29, 1.82) is 0 Å². The SMILES string of the molecule is O=Cc1cccc2cnc(-c3ccc(C(F)(F)F)cc3)n12. The van der Waals surface area contributed by atoms with Crippen molar-refractivity contribution in [2.75, 3.05) is 0 Å². The second kappa shape index (κ2) is 4.73. The number of pyridine rings is 1. The third kappa shape index (κ3) is 2.29. The summed E-state index contributed by atoms with van der Waals surface area (Å²) < 4.78 is 39.3. The van der Waals surface area contributed by atoms with Crippen LogP contribution in [-0.4, -0.2) is 15.7 Å². The Labute approximate surface area is 117 Å². The van der Waals surface area contributed by atoms with Crippen LogP contribution >= 0.6 is 0 Å². The molecule has 0 saturated carbocycles. The zero-order valence-electron chi connectivity index (χ0n) is 10.6. The normalized spacial score (nSPS) is 11.8. The Morgan fingerprint density at radius 1 is 1.05 bits per heavy atom. The lowest BCUT2D eigenvalue weighted by atomic mass is 10.1. The molecule has 2 aromatic heterocycles. The molecule has 0 spiro atoms. The van der Waals surface area contributed by atoms with Crippen molar-refractivity contribution in [3.8, 4) is 11.4 Å².